The highest BCUT2D eigenvalue weighted by molar-refractivity contribution is 5.84. The van der Waals surface area contributed by atoms with Crippen LogP contribution >= 0.6 is 0 Å². The van der Waals surface area contributed by atoms with Crippen molar-refractivity contribution < 1.29 is 9.53 Å². The molecule has 2 aliphatic heterocycles. The molecular formula is C13H23NO2. The smallest absolute Gasteiger partial charge is 0.139 e. The third-order valence-electron chi connectivity index (χ3n) is 4.20. The van der Waals surface area contributed by atoms with Crippen molar-refractivity contribution in [1.29, 1.82) is 0 Å². The van der Waals surface area contributed by atoms with Crippen LogP contribution in [0.25, 0.3) is 0 Å². The Bertz CT molecular complexity index is 240. The summed E-state index contributed by atoms with van der Waals surface area (Å²) in [6, 6.07) is 0. The molecule has 3 nitrogen and oxygen atoms in total. The van der Waals surface area contributed by atoms with Crippen LogP contribution in [0.5, 0.6) is 0 Å². The molecule has 2 fully saturated rings. The highest BCUT2D eigenvalue weighted by Crippen LogP contribution is 2.33. The molecule has 3 heteroatoms. The number of carbonyl (C=O) groups is 1. The molecule has 2 saturated heterocycles. The van der Waals surface area contributed by atoms with Gasteiger partial charge in [-0.05, 0) is 44.7 Å². The summed E-state index contributed by atoms with van der Waals surface area (Å²) in [6.07, 6.45) is 4.93. The first-order chi connectivity index (χ1) is 7.71. The summed E-state index contributed by atoms with van der Waals surface area (Å²) < 4.78 is 5.33. The number of carbonyl (C=O) groups excluding carboxylic acids is 1. The maximum absolute atomic E-state index is 12.3. The van der Waals surface area contributed by atoms with Gasteiger partial charge in [0.1, 0.15) is 5.78 Å². The third-order valence-corrected chi connectivity index (χ3v) is 4.20. The van der Waals surface area contributed by atoms with Gasteiger partial charge in [-0.1, -0.05) is 6.92 Å². The predicted octanol–water partition coefficient (Wildman–Crippen LogP) is 1.76. The molecule has 0 aliphatic carbocycles. The molecule has 16 heavy (non-hydrogen) atoms. The summed E-state index contributed by atoms with van der Waals surface area (Å²) in [5, 5.41) is 3.33. The van der Waals surface area contributed by atoms with Gasteiger partial charge >= 0.3 is 0 Å². The molecule has 0 saturated carbocycles. The lowest BCUT2D eigenvalue weighted by Crippen LogP contribution is -2.41. The second kappa shape index (κ2) is 5.28. The van der Waals surface area contributed by atoms with Crippen molar-refractivity contribution in [2.24, 2.45) is 11.3 Å². The van der Waals surface area contributed by atoms with Crippen molar-refractivity contribution in [3.63, 3.8) is 0 Å². The van der Waals surface area contributed by atoms with Gasteiger partial charge in [0.25, 0.3) is 0 Å². The van der Waals surface area contributed by atoms with Gasteiger partial charge in [0, 0.05) is 25.0 Å². The Balaban J connectivity index is 1.85. The fraction of sp³-hybridized carbons (Fsp3) is 0.923. The first-order valence-corrected chi connectivity index (χ1v) is 6.52. The molecule has 0 bridgehead atoms. The summed E-state index contributed by atoms with van der Waals surface area (Å²) in [4.78, 5) is 12.3. The lowest BCUT2D eigenvalue weighted by molar-refractivity contribution is -0.130. The summed E-state index contributed by atoms with van der Waals surface area (Å²) in [7, 11) is 0. The lowest BCUT2D eigenvalue weighted by Gasteiger charge is -2.34. The van der Waals surface area contributed by atoms with Crippen LogP contribution in [0.1, 0.15) is 39.0 Å². The van der Waals surface area contributed by atoms with E-state index < -0.39 is 0 Å². The average molecular weight is 225 g/mol. The van der Waals surface area contributed by atoms with E-state index in [0.29, 0.717) is 11.7 Å². The van der Waals surface area contributed by atoms with Crippen LogP contribution in [0.3, 0.4) is 0 Å². The van der Waals surface area contributed by atoms with Crippen LogP contribution in [0.15, 0.2) is 0 Å². The quantitative estimate of drug-likeness (QED) is 0.795. The van der Waals surface area contributed by atoms with Crippen molar-refractivity contribution in [2.75, 3.05) is 26.3 Å². The number of hydrogen-bond donors (Lipinski definition) is 1. The number of nitrogens with one attached hydrogen (secondary N) is 1. The first kappa shape index (κ1) is 12.1. The topological polar surface area (TPSA) is 38.3 Å². The predicted molar refractivity (Wildman–Crippen MR) is 63.4 cm³/mol. The maximum atomic E-state index is 12.3. The van der Waals surface area contributed by atoms with Gasteiger partial charge < -0.3 is 10.1 Å². The van der Waals surface area contributed by atoms with E-state index in [9.17, 15) is 4.79 Å². The number of ketones is 1. The zero-order valence-corrected chi connectivity index (χ0v) is 10.3. The molecular weight excluding hydrogens is 202 g/mol. The first-order valence-electron chi connectivity index (χ1n) is 6.52. The van der Waals surface area contributed by atoms with Crippen LogP contribution in [-0.2, 0) is 9.53 Å². The second-order valence-electron chi connectivity index (χ2n) is 5.49. The van der Waals surface area contributed by atoms with E-state index >= 15 is 0 Å². The minimum atomic E-state index is -0.0520. The highest BCUT2D eigenvalue weighted by atomic mass is 16.5. The van der Waals surface area contributed by atoms with Gasteiger partial charge in [0.05, 0.1) is 0 Å². The Morgan fingerprint density at radius 3 is 2.56 bits per heavy atom. The number of hydrogen-bond acceptors (Lipinski definition) is 3. The summed E-state index contributed by atoms with van der Waals surface area (Å²) in [5.41, 5.74) is -0.0520. The third kappa shape index (κ3) is 2.83. The van der Waals surface area contributed by atoms with Gasteiger partial charge in [-0.15, -0.1) is 0 Å². The van der Waals surface area contributed by atoms with Crippen molar-refractivity contribution in [1.82, 2.24) is 5.32 Å². The molecule has 1 N–H and O–H groups in total. The minimum Gasteiger partial charge on any atom is -0.381 e. The van der Waals surface area contributed by atoms with E-state index in [0.717, 1.165) is 58.4 Å². The molecule has 0 radical (unpaired) electrons. The molecule has 0 aromatic carbocycles. The Hall–Kier alpha value is -0.410. The van der Waals surface area contributed by atoms with Gasteiger partial charge in [0.2, 0.25) is 0 Å². The number of Topliss-reactive ketones (excluding diaryl/α,β-unsaturated/α-hetero) is 1. The fourth-order valence-corrected chi connectivity index (χ4v) is 2.72. The molecule has 0 aromatic heterocycles. The molecule has 0 atom stereocenters. The normalized spacial score (nSPS) is 26.6. The largest absolute Gasteiger partial charge is 0.381 e. The summed E-state index contributed by atoms with van der Waals surface area (Å²) in [5.74, 6) is 1.06. The van der Waals surface area contributed by atoms with Gasteiger partial charge in [0.15, 0.2) is 0 Å². The summed E-state index contributed by atoms with van der Waals surface area (Å²) >= 11 is 0. The van der Waals surface area contributed by atoms with Crippen LogP contribution in [0.2, 0.25) is 0 Å². The van der Waals surface area contributed by atoms with Crippen molar-refractivity contribution in [3.05, 3.63) is 0 Å². The van der Waals surface area contributed by atoms with E-state index in [1.807, 2.05) is 0 Å². The minimum absolute atomic E-state index is 0.0520. The number of rotatable bonds is 3. The standard InChI is InChI=1S/C13H23NO2/c1-13(4-6-14-7-5-13)12(15)10-11-2-8-16-9-3-11/h11,14H,2-10H2,1H3. The lowest BCUT2D eigenvalue weighted by atomic mass is 9.74. The molecule has 0 amide bonds. The maximum Gasteiger partial charge on any atom is 0.139 e. The van der Waals surface area contributed by atoms with Crippen LogP contribution in [0, 0.1) is 11.3 Å². The van der Waals surface area contributed by atoms with Gasteiger partial charge in [-0.2, -0.15) is 0 Å². The Morgan fingerprint density at radius 1 is 1.31 bits per heavy atom. The Labute approximate surface area is 97.9 Å². The molecule has 0 spiro atoms. The zero-order valence-electron chi connectivity index (χ0n) is 10.3. The highest BCUT2D eigenvalue weighted by Gasteiger charge is 2.35. The molecule has 2 aliphatic rings. The SMILES string of the molecule is CC1(C(=O)CC2CCOCC2)CCNCC1. The fourth-order valence-electron chi connectivity index (χ4n) is 2.72. The van der Waals surface area contributed by atoms with E-state index in [-0.39, 0.29) is 5.41 Å². The van der Waals surface area contributed by atoms with Gasteiger partial charge in [-0.25, -0.2) is 0 Å². The molecule has 92 valence electrons. The molecule has 2 rings (SSSR count). The van der Waals surface area contributed by atoms with Crippen molar-refractivity contribution >= 4 is 5.78 Å². The van der Waals surface area contributed by atoms with Crippen LogP contribution < -0.4 is 5.32 Å². The second-order valence-corrected chi connectivity index (χ2v) is 5.49. The average Bonchev–Trinajstić information content (AvgIpc) is 2.31. The molecule has 2 heterocycles. The van der Waals surface area contributed by atoms with E-state index in [1.165, 1.54) is 0 Å². The van der Waals surface area contributed by atoms with E-state index in [1.54, 1.807) is 0 Å². The molecule has 0 unspecified atom stereocenters. The summed E-state index contributed by atoms with van der Waals surface area (Å²) in [6.45, 7) is 5.83. The van der Waals surface area contributed by atoms with E-state index in [4.69, 9.17) is 4.74 Å². The monoisotopic (exact) mass is 225 g/mol. The van der Waals surface area contributed by atoms with Crippen LogP contribution in [0.4, 0.5) is 0 Å². The Kier molecular flexibility index (Phi) is 3.98. The zero-order chi connectivity index (χ0) is 11.4. The van der Waals surface area contributed by atoms with Crippen molar-refractivity contribution in [3.8, 4) is 0 Å². The molecule has 0 aromatic rings. The van der Waals surface area contributed by atoms with Gasteiger partial charge in [-0.3, -0.25) is 4.79 Å². The number of ether oxygens (including phenoxy) is 1. The van der Waals surface area contributed by atoms with E-state index in [2.05, 4.69) is 12.2 Å². The number of piperidine rings is 1. The van der Waals surface area contributed by atoms with Crippen molar-refractivity contribution in [2.45, 2.75) is 39.0 Å². The van der Waals surface area contributed by atoms with Crippen LogP contribution in [-0.4, -0.2) is 32.1 Å². The Morgan fingerprint density at radius 2 is 1.94 bits per heavy atom.